The number of benzene rings is 1. The van der Waals surface area contributed by atoms with E-state index in [4.69, 9.17) is 10.2 Å². The van der Waals surface area contributed by atoms with Crippen molar-refractivity contribution in [2.75, 3.05) is 12.4 Å². The number of nitrogens with two attached hydrogens (primary N) is 1. The first-order valence-corrected chi connectivity index (χ1v) is 7.78. The van der Waals surface area contributed by atoms with Crippen LogP contribution in [0.1, 0.15) is 11.1 Å². The summed E-state index contributed by atoms with van der Waals surface area (Å²) in [7, 11) is 1.51. The van der Waals surface area contributed by atoms with Gasteiger partial charge in [-0.1, -0.05) is 11.8 Å². The summed E-state index contributed by atoms with van der Waals surface area (Å²) in [5.74, 6) is 4.52. The van der Waals surface area contributed by atoms with E-state index in [0.29, 0.717) is 17.7 Å². The van der Waals surface area contributed by atoms with Gasteiger partial charge in [0.2, 0.25) is 6.41 Å². The monoisotopic (exact) mass is 494 g/mol. The molecule has 0 bridgehead atoms. The van der Waals surface area contributed by atoms with Crippen molar-refractivity contribution >= 4 is 24.0 Å². The first-order chi connectivity index (χ1) is 13.7. The molecular formula is C19H15F4N5OY-2. The zero-order valence-corrected chi connectivity index (χ0v) is 18.5. The SMILES string of the molecule is C[N-]/C=C(/C#Cc1cncc(Nc2cc(C(F)(F)F)ccc2F)c1)C=[N-].NC=O.[Y]. The molecule has 30 heavy (non-hydrogen) atoms. The van der Waals surface area contributed by atoms with E-state index >= 15 is 0 Å². The molecule has 6 nitrogen and oxygen atoms in total. The van der Waals surface area contributed by atoms with Crippen molar-refractivity contribution in [3.63, 3.8) is 0 Å². The number of pyridine rings is 1. The van der Waals surface area contributed by atoms with Crippen LogP contribution in [-0.4, -0.2) is 24.7 Å². The molecule has 1 radical (unpaired) electrons. The molecule has 1 aromatic heterocycles. The van der Waals surface area contributed by atoms with Crippen molar-refractivity contribution in [3.8, 4) is 11.8 Å². The number of nitrogens with one attached hydrogen (secondary N) is 1. The van der Waals surface area contributed by atoms with Gasteiger partial charge in [0.05, 0.1) is 23.1 Å². The maximum Gasteiger partial charge on any atom is 0.416 e. The van der Waals surface area contributed by atoms with Gasteiger partial charge in [-0.3, -0.25) is 9.78 Å². The van der Waals surface area contributed by atoms with Gasteiger partial charge in [-0.25, -0.2) is 4.39 Å². The van der Waals surface area contributed by atoms with Crippen LogP contribution in [0.2, 0.25) is 0 Å². The minimum absolute atomic E-state index is 0. The van der Waals surface area contributed by atoms with Gasteiger partial charge in [-0.15, -0.1) is 7.05 Å². The second-order valence-electron chi connectivity index (χ2n) is 5.14. The van der Waals surface area contributed by atoms with Gasteiger partial charge in [0.1, 0.15) is 5.82 Å². The predicted octanol–water partition coefficient (Wildman–Crippen LogP) is 3.96. The second-order valence-corrected chi connectivity index (χ2v) is 5.14. The molecule has 1 heterocycles. The number of carbonyl (C=O) groups is 1. The van der Waals surface area contributed by atoms with Crippen molar-refractivity contribution in [2.45, 2.75) is 6.18 Å². The molecule has 1 aromatic carbocycles. The number of rotatable bonds is 4. The Morgan fingerprint density at radius 1 is 1.30 bits per heavy atom. The Morgan fingerprint density at radius 2 is 1.97 bits per heavy atom. The maximum absolute atomic E-state index is 13.8. The quantitative estimate of drug-likeness (QED) is 0.291. The Labute approximate surface area is 195 Å². The molecule has 0 aliphatic carbocycles. The summed E-state index contributed by atoms with van der Waals surface area (Å²) in [6.45, 7) is 0. The number of anilines is 2. The summed E-state index contributed by atoms with van der Waals surface area (Å²) < 4.78 is 52.1. The van der Waals surface area contributed by atoms with Crippen molar-refractivity contribution in [1.82, 2.24) is 4.98 Å². The van der Waals surface area contributed by atoms with Gasteiger partial charge < -0.3 is 21.8 Å². The van der Waals surface area contributed by atoms with Crippen LogP contribution < -0.4 is 11.1 Å². The fourth-order valence-electron chi connectivity index (χ4n) is 1.91. The van der Waals surface area contributed by atoms with E-state index in [2.05, 4.69) is 33.2 Å². The third-order valence-corrected chi connectivity index (χ3v) is 3.07. The van der Waals surface area contributed by atoms with Crippen molar-refractivity contribution in [1.29, 1.82) is 0 Å². The third kappa shape index (κ3) is 9.15. The molecule has 0 fully saturated rings. The molecule has 0 saturated carbocycles. The molecule has 0 aliphatic heterocycles. The standard InChI is InChI=1S/C18H12F4N4.CH3NO.Y/c1-24-9-13(8-23)3-2-12-6-15(11-25-10-12)26-17-7-14(18(20,21)22)4-5-16(17)19;2-1-3;/h4-11,26H,1H3;1H,(H2,2,3);/q-2;;/b13-9-;;. The van der Waals surface area contributed by atoms with Crippen LogP contribution in [0.25, 0.3) is 10.7 Å². The van der Waals surface area contributed by atoms with Crippen LogP contribution >= 0.6 is 0 Å². The van der Waals surface area contributed by atoms with E-state index < -0.39 is 17.6 Å². The van der Waals surface area contributed by atoms with E-state index in [1.165, 1.54) is 31.7 Å². The Morgan fingerprint density at radius 3 is 2.53 bits per heavy atom. The summed E-state index contributed by atoms with van der Waals surface area (Å²) in [6, 6.07) is 3.57. The second kappa shape index (κ2) is 13.5. The van der Waals surface area contributed by atoms with Crippen molar-refractivity contribution in [2.24, 2.45) is 5.73 Å². The average Bonchev–Trinajstić information content (AvgIpc) is 2.67. The summed E-state index contributed by atoms with van der Waals surface area (Å²) in [6.07, 6.45) is 0.539. The molecule has 0 atom stereocenters. The molecule has 0 unspecified atom stereocenters. The number of amides is 1. The fourth-order valence-corrected chi connectivity index (χ4v) is 1.91. The molecule has 0 saturated heterocycles. The third-order valence-electron chi connectivity index (χ3n) is 3.07. The van der Waals surface area contributed by atoms with Gasteiger partial charge in [0, 0.05) is 44.5 Å². The van der Waals surface area contributed by atoms with Gasteiger partial charge >= 0.3 is 6.18 Å². The Balaban J connectivity index is 0.00000198. The molecule has 3 N–H and O–H groups in total. The predicted molar refractivity (Wildman–Crippen MR) is 103 cm³/mol. The first kappa shape index (κ1) is 27.2. The molecular weight excluding hydrogens is 479 g/mol. The molecule has 2 aromatic rings. The number of hydrogen-bond donors (Lipinski definition) is 2. The minimum atomic E-state index is -4.58. The van der Waals surface area contributed by atoms with Crippen LogP contribution in [0, 0.1) is 17.7 Å². The molecule has 0 spiro atoms. The number of halogens is 4. The van der Waals surface area contributed by atoms with Gasteiger partial charge in [-0.05, 0) is 29.8 Å². The van der Waals surface area contributed by atoms with E-state index in [9.17, 15) is 17.6 Å². The van der Waals surface area contributed by atoms with Crippen LogP contribution in [0.15, 0.2) is 48.4 Å². The summed E-state index contributed by atoms with van der Waals surface area (Å²) in [5.41, 5.74) is 3.79. The van der Waals surface area contributed by atoms with Gasteiger partial charge in [0.15, 0.2) is 0 Å². The number of nitrogens with zero attached hydrogens (tertiary/aromatic N) is 3. The molecule has 11 heteroatoms. The molecule has 1 amide bonds. The summed E-state index contributed by atoms with van der Waals surface area (Å²) >= 11 is 0. The van der Waals surface area contributed by atoms with Crippen LogP contribution in [0.5, 0.6) is 0 Å². The number of hydrogen-bond acceptors (Lipinski definition) is 3. The molecule has 2 rings (SSSR count). The average molecular weight is 494 g/mol. The number of primary amides is 1. The smallest absolute Gasteiger partial charge is 0.416 e. The minimum Gasteiger partial charge on any atom is -0.810 e. The largest absolute Gasteiger partial charge is 0.810 e. The van der Waals surface area contributed by atoms with Crippen molar-refractivity contribution in [3.05, 3.63) is 76.1 Å². The zero-order chi connectivity index (χ0) is 21.9. The van der Waals surface area contributed by atoms with Crippen LogP contribution in [0.3, 0.4) is 0 Å². The zero-order valence-electron chi connectivity index (χ0n) is 15.6. The number of alkyl halides is 3. The van der Waals surface area contributed by atoms with E-state index in [1.54, 1.807) is 0 Å². The van der Waals surface area contributed by atoms with Crippen molar-refractivity contribution < 1.29 is 55.1 Å². The Kier molecular flexibility index (Phi) is 12.2. The number of allylic oxidation sites excluding steroid dienone is 1. The van der Waals surface area contributed by atoms with Gasteiger partial charge in [0.25, 0.3) is 0 Å². The summed E-state index contributed by atoms with van der Waals surface area (Å²) in [4.78, 5) is 12.5. The number of carbonyl (C=O) groups excluding carboxylic acids is 1. The molecule has 155 valence electrons. The van der Waals surface area contributed by atoms with E-state index in [1.807, 2.05) is 0 Å². The first-order valence-electron chi connectivity index (χ1n) is 7.78. The maximum atomic E-state index is 13.8. The summed E-state index contributed by atoms with van der Waals surface area (Å²) in [5, 5.41) is 15.3. The van der Waals surface area contributed by atoms with E-state index in [0.717, 1.165) is 12.3 Å². The topological polar surface area (TPSA) is 104 Å². The van der Waals surface area contributed by atoms with Crippen LogP contribution in [-0.2, 0) is 43.7 Å². The number of aromatic nitrogens is 1. The van der Waals surface area contributed by atoms with E-state index in [-0.39, 0.29) is 56.1 Å². The Bertz CT molecular complexity index is 952. The fraction of sp³-hybridized carbons (Fsp3) is 0.105. The van der Waals surface area contributed by atoms with Crippen LogP contribution in [0.4, 0.5) is 28.9 Å². The molecule has 0 aliphatic rings. The normalized spacial score (nSPS) is 10.2. The van der Waals surface area contributed by atoms with Gasteiger partial charge in [-0.2, -0.15) is 25.6 Å². The Hall–Kier alpha value is -2.77.